The number of nitrogens with two attached hydrogens (primary N) is 1. The van der Waals surface area contributed by atoms with Gasteiger partial charge in [0.05, 0.1) is 20.1 Å². The van der Waals surface area contributed by atoms with Crippen LogP contribution in [0.3, 0.4) is 0 Å². The van der Waals surface area contributed by atoms with Crippen molar-refractivity contribution in [3.63, 3.8) is 0 Å². The zero-order valence-corrected chi connectivity index (χ0v) is 15.9. The number of rotatable bonds is 7. The molecule has 10 heteroatoms. The molecule has 1 aliphatic heterocycles. The second-order valence-electron chi connectivity index (χ2n) is 6.36. The summed E-state index contributed by atoms with van der Waals surface area (Å²) in [6.45, 7) is 2.93. The molecule has 0 aromatic heterocycles. The maximum absolute atomic E-state index is 12.3. The van der Waals surface area contributed by atoms with Gasteiger partial charge in [-0.3, -0.25) is 24.7 Å². The molecule has 5 N–H and O–H groups in total. The highest BCUT2D eigenvalue weighted by atomic mass is 16.5. The van der Waals surface area contributed by atoms with Crippen LogP contribution >= 0.6 is 0 Å². The minimum absolute atomic E-state index is 0.0470. The number of carbonyl (C=O) groups is 3. The fraction of sp³-hybridized carbons (Fsp3) is 0.444. The van der Waals surface area contributed by atoms with Crippen LogP contribution in [0.2, 0.25) is 0 Å². The van der Waals surface area contributed by atoms with Crippen LogP contribution in [0.1, 0.15) is 16.8 Å². The molecule has 10 nitrogen and oxygen atoms in total. The second kappa shape index (κ2) is 10.3. The molecule has 1 heterocycles. The van der Waals surface area contributed by atoms with Crippen LogP contribution in [0.4, 0.5) is 5.69 Å². The third-order valence-electron chi connectivity index (χ3n) is 4.33. The monoisotopic (exact) mass is 390 g/mol. The fourth-order valence-corrected chi connectivity index (χ4v) is 2.77. The Hall–Kier alpha value is -3.14. The highest BCUT2D eigenvalue weighted by Crippen LogP contribution is 2.11. The van der Waals surface area contributed by atoms with Gasteiger partial charge in [0.25, 0.3) is 5.91 Å². The summed E-state index contributed by atoms with van der Waals surface area (Å²) in [5, 5.41) is 12.8. The van der Waals surface area contributed by atoms with Gasteiger partial charge in [0.1, 0.15) is 0 Å². The van der Waals surface area contributed by atoms with E-state index in [1.165, 1.54) is 7.11 Å². The Morgan fingerprint density at radius 3 is 2.57 bits per heavy atom. The number of amides is 2. The highest BCUT2D eigenvalue weighted by Gasteiger charge is 2.19. The van der Waals surface area contributed by atoms with Crippen LogP contribution < -0.4 is 16.4 Å². The van der Waals surface area contributed by atoms with Crippen LogP contribution in [0.25, 0.3) is 0 Å². The van der Waals surface area contributed by atoms with Crippen molar-refractivity contribution >= 4 is 29.4 Å². The maximum atomic E-state index is 12.3. The maximum Gasteiger partial charge on any atom is 0.307 e. The summed E-state index contributed by atoms with van der Waals surface area (Å²) in [7, 11) is 1.29. The number of benzene rings is 1. The number of nitrogens with zero attached hydrogens (tertiary/aromatic N) is 2. The Kier molecular flexibility index (Phi) is 7.76. The number of esters is 1. The molecule has 0 atom stereocenters. The van der Waals surface area contributed by atoms with Crippen LogP contribution in [-0.2, 0) is 14.3 Å². The van der Waals surface area contributed by atoms with Gasteiger partial charge in [-0.25, -0.2) is 0 Å². The van der Waals surface area contributed by atoms with Crippen molar-refractivity contribution in [1.29, 1.82) is 5.41 Å². The predicted molar refractivity (Wildman–Crippen MR) is 104 cm³/mol. The molecule has 2 rings (SSSR count). The standard InChI is InChI=1S/C18H26N6O4/c1-28-16(26)5-6-21-17(27)13-3-2-4-14(11-13)22-15(25)12-23-7-9-24(10-8-23)18(19)20/h2-4,11H,5-10,12H2,1H3,(H3,19,20)(H,21,27)(H,22,25). The molecule has 1 aromatic rings. The van der Waals surface area contributed by atoms with E-state index in [2.05, 4.69) is 15.4 Å². The first-order chi connectivity index (χ1) is 13.4. The smallest absolute Gasteiger partial charge is 0.307 e. The number of nitrogens with one attached hydrogen (secondary N) is 3. The average molecular weight is 390 g/mol. The lowest BCUT2D eigenvalue weighted by Gasteiger charge is -2.34. The van der Waals surface area contributed by atoms with Gasteiger partial charge in [-0.1, -0.05) is 6.07 Å². The largest absolute Gasteiger partial charge is 0.469 e. The van der Waals surface area contributed by atoms with Gasteiger partial charge in [0.2, 0.25) is 5.91 Å². The van der Waals surface area contributed by atoms with E-state index in [1.54, 1.807) is 29.2 Å². The summed E-state index contributed by atoms with van der Waals surface area (Å²) in [6.07, 6.45) is 0.0928. The fourth-order valence-electron chi connectivity index (χ4n) is 2.77. The molecule has 1 fully saturated rings. The van der Waals surface area contributed by atoms with Crippen molar-refractivity contribution in [3.8, 4) is 0 Å². The van der Waals surface area contributed by atoms with Crippen molar-refractivity contribution in [1.82, 2.24) is 15.1 Å². The number of hydrogen-bond acceptors (Lipinski definition) is 6. The van der Waals surface area contributed by atoms with Gasteiger partial charge in [0.15, 0.2) is 5.96 Å². The summed E-state index contributed by atoms with van der Waals surface area (Å²) < 4.78 is 4.52. The van der Waals surface area contributed by atoms with Crippen LogP contribution in [-0.4, -0.2) is 79.9 Å². The van der Waals surface area contributed by atoms with Crippen molar-refractivity contribution in [2.45, 2.75) is 6.42 Å². The molecule has 28 heavy (non-hydrogen) atoms. The first kappa shape index (κ1) is 21.2. The lowest BCUT2D eigenvalue weighted by molar-refractivity contribution is -0.140. The SMILES string of the molecule is COC(=O)CCNC(=O)c1cccc(NC(=O)CN2CCN(C(=N)N)CC2)c1. The average Bonchev–Trinajstić information content (AvgIpc) is 2.68. The number of guanidine groups is 1. The van der Waals surface area contributed by atoms with E-state index in [1.807, 2.05) is 4.90 Å². The Bertz CT molecular complexity index is 731. The zero-order valence-electron chi connectivity index (χ0n) is 15.9. The van der Waals surface area contributed by atoms with Gasteiger partial charge in [0, 0.05) is 44.0 Å². The quantitative estimate of drug-likeness (QED) is 0.277. The molecule has 0 spiro atoms. The van der Waals surface area contributed by atoms with Crippen molar-refractivity contribution in [2.75, 3.05) is 51.7 Å². The summed E-state index contributed by atoms with van der Waals surface area (Å²) in [5.41, 5.74) is 6.37. The number of methoxy groups -OCH3 is 1. The Morgan fingerprint density at radius 1 is 1.21 bits per heavy atom. The van der Waals surface area contributed by atoms with Gasteiger partial charge in [-0.2, -0.15) is 0 Å². The van der Waals surface area contributed by atoms with Crippen LogP contribution in [0.15, 0.2) is 24.3 Å². The van der Waals surface area contributed by atoms with E-state index in [-0.39, 0.29) is 37.3 Å². The normalized spacial score (nSPS) is 14.2. The third-order valence-corrected chi connectivity index (χ3v) is 4.33. The first-order valence-corrected chi connectivity index (χ1v) is 8.95. The zero-order chi connectivity index (χ0) is 20.5. The summed E-state index contributed by atoms with van der Waals surface area (Å²) in [6, 6.07) is 6.59. The molecule has 0 unspecified atom stereocenters. The van der Waals surface area contributed by atoms with Gasteiger partial charge < -0.3 is 26.0 Å². The van der Waals surface area contributed by atoms with E-state index in [0.29, 0.717) is 37.4 Å². The molecule has 2 amide bonds. The molecule has 0 aliphatic carbocycles. The third kappa shape index (κ3) is 6.54. The van der Waals surface area contributed by atoms with Gasteiger partial charge >= 0.3 is 5.97 Å². The van der Waals surface area contributed by atoms with E-state index in [9.17, 15) is 14.4 Å². The lowest BCUT2D eigenvalue weighted by Crippen LogP contribution is -2.52. The summed E-state index contributed by atoms with van der Waals surface area (Å²) in [5.74, 6) is -0.865. The summed E-state index contributed by atoms with van der Waals surface area (Å²) in [4.78, 5) is 39.2. The van der Waals surface area contributed by atoms with E-state index >= 15 is 0 Å². The first-order valence-electron chi connectivity index (χ1n) is 8.95. The van der Waals surface area contributed by atoms with Crippen LogP contribution in [0, 0.1) is 5.41 Å². The number of piperazine rings is 1. The minimum Gasteiger partial charge on any atom is -0.469 e. The van der Waals surface area contributed by atoms with Crippen LogP contribution in [0.5, 0.6) is 0 Å². The molecule has 0 bridgehead atoms. The van der Waals surface area contributed by atoms with Crippen molar-refractivity contribution < 1.29 is 19.1 Å². The second-order valence-corrected chi connectivity index (χ2v) is 6.36. The number of carbonyl (C=O) groups excluding carboxylic acids is 3. The van der Waals surface area contributed by atoms with Crippen molar-refractivity contribution in [2.24, 2.45) is 5.73 Å². The number of hydrogen-bond donors (Lipinski definition) is 4. The highest BCUT2D eigenvalue weighted by molar-refractivity contribution is 5.97. The van der Waals surface area contributed by atoms with Gasteiger partial charge in [-0.05, 0) is 18.2 Å². The van der Waals surface area contributed by atoms with E-state index in [0.717, 1.165) is 0 Å². The van der Waals surface area contributed by atoms with E-state index < -0.39 is 5.97 Å². The molecule has 0 radical (unpaired) electrons. The molecular formula is C18H26N6O4. The molecular weight excluding hydrogens is 364 g/mol. The Morgan fingerprint density at radius 2 is 1.93 bits per heavy atom. The molecule has 1 aliphatic rings. The lowest BCUT2D eigenvalue weighted by atomic mass is 10.2. The molecule has 1 saturated heterocycles. The number of anilines is 1. The minimum atomic E-state index is -0.398. The van der Waals surface area contributed by atoms with Gasteiger partial charge in [-0.15, -0.1) is 0 Å². The number of ether oxygens (including phenoxy) is 1. The Labute approximate surface area is 163 Å². The van der Waals surface area contributed by atoms with E-state index in [4.69, 9.17) is 11.1 Å². The topological polar surface area (TPSA) is 141 Å². The molecule has 0 saturated carbocycles. The Balaban J connectivity index is 1.81. The molecule has 152 valence electrons. The molecule has 1 aromatic carbocycles. The summed E-state index contributed by atoms with van der Waals surface area (Å²) >= 11 is 0. The van der Waals surface area contributed by atoms with Crippen molar-refractivity contribution in [3.05, 3.63) is 29.8 Å². The predicted octanol–water partition coefficient (Wildman–Crippen LogP) is -0.571.